The van der Waals surface area contributed by atoms with Gasteiger partial charge in [-0.1, -0.05) is 0 Å². The van der Waals surface area contributed by atoms with E-state index in [0.29, 0.717) is 11.3 Å². The summed E-state index contributed by atoms with van der Waals surface area (Å²) in [6.45, 7) is 0. The molecule has 1 unspecified atom stereocenters. The molecule has 2 heterocycles. The van der Waals surface area contributed by atoms with Crippen LogP contribution in [0.3, 0.4) is 0 Å². The third-order valence-corrected chi connectivity index (χ3v) is 4.30. The van der Waals surface area contributed by atoms with Crippen molar-refractivity contribution in [1.29, 1.82) is 0 Å². The summed E-state index contributed by atoms with van der Waals surface area (Å²) in [5.74, 6) is -1.81. The van der Waals surface area contributed by atoms with E-state index in [1.54, 1.807) is 5.51 Å². The maximum absolute atomic E-state index is 12.8. The number of Topliss-reactive ketones (excluding diaryl/α,β-unsaturated/α-hetero) is 2. The number of aryl methyl sites for hydroxylation is 1. The van der Waals surface area contributed by atoms with Crippen molar-refractivity contribution >= 4 is 22.9 Å². The fourth-order valence-corrected chi connectivity index (χ4v) is 3.22. The van der Waals surface area contributed by atoms with Gasteiger partial charge in [-0.05, 0) is 31.4 Å². The number of carbonyl (C=O) groups is 2. The van der Waals surface area contributed by atoms with Crippen LogP contribution in [-0.2, 0) is 6.42 Å². The van der Waals surface area contributed by atoms with Gasteiger partial charge in [0.2, 0.25) is 5.95 Å². The molecule has 20 heavy (non-hydrogen) atoms. The molecule has 0 bridgehead atoms. The summed E-state index contributed by atoms with van der Waals surface area (Å²) >= 11 is 1.28. The van der Waals surface area contributed by atoms with Crippen LogP contribution in [-0.4, -0.2) is 21.5 Å². The van der Waals surface area contributed by atoms with E-state index in [1.165, 1.54) is 23.6 Å². The average Bonchev–Trinajstić information content (AvgIpc) is 2.86. The lowest BCUT2D eigenvalue weighted by molar-refractivity contribution is 0.0803. The molecule has 0 N–H and O–H groups in total. The molecule has 0 saturated heterocycles. The summed E-state index contributed by atoms with van der Waals surface area (Å²) in [7, 11) is 0. The van der Waals surface area contributed by atoms with Crippen LogP contribution in [0, 0.1) is 11.9 Å². The molecule has 0 radical (unpaired) electrons. The zero-order valence-electron chi connectivity index (χ0n) is 10.5. The molecule has 1 aliphatic carbocycles. The zero-order valence-corrected chi connectivity index (χ0v) is 11.3. The Bertz CT molecular complexity index is 666. The van der Waals surface area contributed by atoms with Crippen molar-refractivity contribution in [2.24, 2.45) is 5.92 Å². The number of hydrogen-bond donors (Lipinski definition) is 0. The van der Waals surface area contributed by atoms with Crippen LogP contribution in [0.25, 0.3) is 0 Å². The first kappa shape index (κ1) is 13.1. The highest BCUT2D eigenvalue weighted by Crippen LogP contribution is 2.28. The minimum Gasteiger partial charge on any atom is -0.293 e. The normalized spacial score (nSPS) is 18.4. The van der Waals surface area contributed by atoms with Gasteiger partial charge in [-0.25, -0.2) is 9.97 Å². The number of fused-ring (bicyclic) bond motifs is 1. The number of nitrogens with zero attached hydrogens (tertiary/aromatic N) is 2. The number of pyridine rings is 1. The SMILES string of the molecule is O=C(c1ccc(F)nc1)C1CCCc2ncsc2C1=O. The second kappa shape index (κ2) is 5.20. The van der Waals surface area contributed by atoms with Crippen molar-refractivity contribution in [2.75, 3.05) is 0 Å². The van der Waals surface area contributed by atoms with Crippen LogP contribution < -0.4 is 0 Å². The van der Waals surface area contributed by atoms with Gasteiger partial charge in [0.15, 0.2) is 11.6 Å². The molecule has 0 aliphatic heterocycles. The lowest BCUT2D eigenvalue weighted by atomic mass is 9.91. The number of hydrogen-bond acceptors (Lipinski definition) is 5. The van der Waals surface area contributed by atoms with Crippen LogP contribution in [0.15, 0.2) is 23.8 Å². The second-order valence-electron chi connectivity index (χ2n) is 4.67. The Morgan fingerprint density at radius 3 is 2.95 bits per heavy atom. The Balaban J connectivity index is 1.92. The predicted octanol–water partition coefficient (Wildman–Crippen LogP) is 2.70. The van der Waals surface area contributed by atoms with Gasteiger partial charge in [0.05, 0.1) is 22.0 Å². The van der Waals surface area contributed by atoms with E-state index >= 15 is 0 Å². The lowest BCUT2D eigenvalue weighted by Crippen LogP contribution is -2.23. The van der Waals surface area contributed by atoms with Gasteiger partial charge in [0.25, 0.3) is 0 Å². The molecule has 0 fully saturated rings. The number of thiazole rings is 1. The molecule has 0 amide bonds. The summed E-state index contributed by atoms with van der Waals surface area (Å²) in [6, 6.07) is 2.50. The monoisotopic (exact) mass is 290 g/mol. The maximum Gasteiger partial charge on any atom is 0.212 e. The van der Waals surface area contributed by atoms with E-state index in [9.17, 15) is 14.0 Å². The molecule has 0 spiro atoms. The molecule has 3 rings (SSSR count). The minimum atomic E-state index is -0.705. The highest BCUT2D eigenvalue weighted by atomic mass is 32.1. The van der Waals surface area contributed by atoms with Gasteiger partial charge in [0.1, 0.15) is 0 Å². The van der Waals surface area contributed by atoms with Gasteiger partial charge in [-0.15, -0.1) is 11.3 Å². The van der Waals surface area contributed by atoms with Crippen LogP contribution in [0.5, 0.6) is 0 Å². The van der Waals surface area contributed by atoms with Gasteiger partial charge < -0.3 is 0 Å². The third-order valence-electron chi connectivity index (χ3n) is 3.42. The Labute approximate surface area is 118 Å². The summed E-state index contributed by atoms with van der Waals surface area (Å²) < 4.78 is 12.8. The second-order valence-corrected chi connectivity index (χ2v) is 5.53. The van der Waals surface area contributed by atoms with E-state index in [0.717, 1.165) is 24.6 Å². The summed E-state index contributed by atoms with van der Waals surface area (Å²) in [5.41, 5.74) is 2.69. The molecule has 1 aliphatic rings. The number of aromatic nitrogens is 2. The van der Waals surface area contributed by atoms with Crippen molar-refractivity contribution in [3.8, 4) is 0 Å². The predicted molar refractivity (Wildman–Crippen MR) is 71.4 cm³/mol. The minimum absolute atomic E-state index is 0.172. The standard InChI is InChI=1S/C14H11FN2O2S/c15-11-5-4-8(6-16-11)12(18)9-2-1-3-10-14(13(9)19)20-7-17-10/h4-7,9H,1-3H2. The van der Waals surface area contributed by atoms with Crippen molar-refractivity contribution in [2.45, 2.75) is 19.3 Å². The molecule has 0 aromatic carbocycles. The van der Waals surface area contributed by atoms with E-state index in [-0.39, 0.29) is 17.1 Å². The van der Waals surface area contributed by atoms with Crippen molar-refractivity contribution in [3.05, 3.63) is 45.9 Å². The maximum atomic E-state index is 12.8. The van der Waals surface area contributed by atoms with Crippen LogP contribution in [0.1, 0.15) is 38.6 Å². The fraction of sp³-hybridized carbons (Fsp3) is 0.286. The molecule has 2 aromatic rings. The van der Waals surface area contributed by atoms with Gasteiger partial charge in [0, 0.05) is 11.8 Å². The molecule has 6 heteroatoms. The van der Waals surface area contributed by atoms with E-state index in [1.807, 2.05) is 0 Å². The molecule has 1 atom stereocenters. The number of rotatable bonds is 2. The van der Waals surface area contributed by atoms with Crippen molar-refractivity contribution in [3.63, 3.8) is 0 Å². The van der Waals surface area contributed by atoms with E-state index in [2.05, 4.69) is 9.97 Å². The molecule has 4 nitrogen and oxygen atoms in total. The fourth-order valence-electron chi connectivity index (χ4n) is 2.38. The van der Waals surface area contributed by atoms with Crippen LogP contribution in [0.4, 0.5) is 4.39 Å². The Kier molecular flexibility index (Phi) is 3.40. The Morgan fingerprint density at radius 1 is 1.35 bits per heavy atom. The Morgan fingerprint density at radius 2 is 2.20 bits per heavy atom. The quantitative estimate of drug-likeness (QED) is 0.369. The van der Waals surface area contributed by atoms with E-state index in [4.69, 9.17) is 0 Å². The largest absolute Gasteiger partial charge is 0.293 e. The van der Waals surface area contributed by atoms with Gasteiger partial charge in [-0.3, -0.25) is 9.59 Å². The highest BCUT2D eigenvalue weighted by molar-refractivity contribution is 7.12. The third kappa shape index (κ3) is 2.27. The molecule has 0 saturated carbocycles. The Hall–Kier alpha value is -1.95. The number of halogens is 1. The summed E-state index contributed by atoms with van der Waals surface area (Å²) in [4.78, 5) is 33.1. The molecular formula is C14H11FN2O2S. The number of ketones is 2. The first-order chi connectivity index (χ1) is 9.66. The smallest absolute Gasteiger partial charge is 0.212 e. The van der Waals surface area contributed by atoms with Crippen LogP contribution in [0.2, 0.25) is 0 Å². The van der Waals surface area contributed by atoms with Crippen molar-refractivity contribution < 1.29 is 14.0 Å². The highest BCUT2D eigenvalue weighted by Gasteiger charge is 2.33. The summed E-state index contributed by atoms with van der Waals surface area (Å²) in [6.07, 6.45) is 3.14. The van der Waals surface area contributed by atoms with Gasteiger partial charge in [-0.2, -0.15) is 4.39 Å². The number of carbonyl (C=O) groups excluding carboxylic acids is 2. The zero-order chi connectivity index (χ0) is 14.1. The van der Waals surface area contributed by atoms with Gasteiger partial charge >= 0.3 is 0 Å². The first-order valence-corrected chi connectivity index (χ1v) is 7.17. The summed E-state index contributed by atoms with van der Waals surface area (Å²) in [5, 5.41) is 0. The molecular weight excluding hydrogens is 279 g/mol. The van der Waals surface area contributed by atoms with E-state index < -0.39 is 11.9 Å². The van der Waals surface area contributed by atoms with Crippen LogP contribution >= 0.6 is 11.3 Å². The topological polar surface area (TPSA) is 59.9 Å². The molecule has 2 aromatic heterocycles. The molecule has 102 valence electrons. The average molecular weight is 290 g/mol. The first-order valence-electron chi connectivity index (χ1n) is 6.29. The van der Waals surface area contributed by atoms with Crippen molar-refractivity contribution in [1.82, 2.24) is 9.97 Å². The lowest BCUT2D eigenvalue weighted by Gasteiger charge is -2.11.